The molecule has 2 unspecified atom stereocenters. The molecule has 4 aromatic rings. The molecule has 2 atom stereocenters. The van der Waals surface area contributed by atoms with Crippen molar-refractivity contribution < 1.29 is 4.74 Å². The summed E-state index contributed by atoms with van der Waals surface area (Å²) in [6.07, 6.45) is 3.15. The van der Waals surface area contributed by atoms with Crippen molar-refractivity contribution in [3.8, 4) is 17.1 Å². The number of hydrogen-bond donors (Lipinski definition) is 1. The number of aryl methyl sites for hydroxylation is 1. The molecule has 5 rings (SSSR count). The molecule has 0 saturated heterocycles. The number of aromatic nitrogens is 5. The fraction of sp³-hybridized carbons (Fsp3) is 0.391. The van der Waals surface area contributed by atoms with E-state index in [9.17, 15) is 4.79 Å². The molecule has 7 nitrogen and oxygen atoms in total. The summed E-state index contributed by atoms with van der Waals surface area (Å²) in [6.45, 7) is 4.31. The summed E-state index contributed by atoms with van der Waals surface area (Å²) in [5, 5.41) is 10.2. The molecule has 0 fully saturated rings. The SMILES string of the molecule is COc1ccc(-c2nnc(SC(C)c3nc4sc5c(c4c(=O)[nH]3)CCC(C)C5)n2C)cc1. The number of hydrogen-bond acceptors (Lipinski definition) is 7. The second-order valence-corrected chi connectivity index (χ2v) is 10.7. The van der Waals surface area contributed by atoms with Gasteiger partial charge in [0.25, 0.3) is 5.56 Å². The van der Waals surface area contributed by atoms with Gasteiger partial charge >= 0.3 is 0 Å². The number of thiophene rings is 1. The van der Waals surface area contributed by atoms with E-state index in [1.807, 2.05) is 42.8 Å². The topological polar surface area (TPSA) is 85.7 Å². The van der Waals surface area contributed by atoms with Crippen LogP contribution in [0, 0.1) is 5.92 Å². The molecule has 0 radical (unpaired) electrons. The standard InChI is InChI=1S/C23H25N5O2S2/c1-12-5-10-16-17(11-12)32-22-18(16)21(29)24-19(25-22)13(2)31-23-27-26-20(28(23)3)14-6-8-15(30-4)9-7-14/h6-9,12-13H,5,10-11H2,1-4H3,(H,24,25,29). The molecule has 1 aliphatic carbocycles. The maximum absolute atomic E-state index is 12.9. The van der Waals surface area contributed by atoms with Crippen LogP contribution in [0.5, 0.6) is 5.75 Å². The molecule has 3 heterocycles. The van der Waals surface area contributed by atoms with E-state index in [1.54, 1.807) is 18.4 Å². The highest BCUT2D eigenvalue weighted by Gasteiger charge is 2.24. The van der Waals surface area contributed by atoms with E-state index in [4.69, 9.17) is 9.72 Å². The number of benzene rings is 1. The van der Waals surface area contributed by atoms with Crippen molar-refractivity contribution >= 4 is 33.3 Å². The first-order chi connectivity index (χ1) is 15.4. The first kappa shape index (κ1) is 21.2. The predicted octanol–water partition coefficient (Wildman–Crippen LogP) is 4.77. The molecule has 0 spiro atoms. The van der Waals surface area contributed by atoms with Gasteiger partial charge in [0, 0.05) is 17.5 Å². The molecule has 32 heavy (non-hydrogen) atoms. The molecular formula is C23H25N5O2S2. The van der Waals surface area contributed by atoms with Crippen molar-refractivity contribution in [1.29, 1.82) is 0 Å². The Kier molecular flexibility index (Phi) is 5.54. The summed E-state index contributed by atoms with van der Waals surface area (Å²) in [4.78, 5) is 23.0. The minimum Gasteiger partial charge on any atom is -0.497 e. The van der Waals surface area contributed by atoms with E-state index in [0.29, 0.717) is 11.7 Å². The quantitative estimate of drug-likeness (QED) is 0.426. The molecule has 0 amide bonds. The predicted molar refractivity (Wildman–Crippen MR) is 129 cm³/mol. The molecule has 9 heteroatoms. The lowest BCUT2D eigenvalue weighted by atomic mass is 9.89. The summed E-state index contributed by atoms with van der Waals surface area (Å²) < 4.78 is 7.20. The molecule has 3 aromatic heterocycles. The molecule has 0 aliphatic heterocycles. The number of H-pyrrole nitrogens is 1. The first-order valence-electron chi connectivity index (χ1n) is 10.7. The van der Waals surface area contributed by atoms with E-state index < -0.39 is 0 Å². The van der Waals surface area contributed by atoms with Gasteiger partial charge in [-0.25, -0.2) is 4.98 Å². The lowest BCUT2D eigenvalue weighted by molar-refractivity contribution is 0.415. The van der Waals surface area contributed by atoms with Crippen molar-refractivity contribution in [1.82, 2.24) is 24.7 Å². The van der Waals surface area contributed by atoms with Crippen LogP contribution >= 0.6 is 23.1 Å². The Hall–Kier alpha value is -2.65. The molecule has 1 aromatic carbocycles. The molecular weight excluding hydrogens is 442 g/mol. The molecule has 1 N–H and O–H groups in total. The number of rotatable bonds is 5. The van der Waals surface area contributed by atoms with E-state index in [2.05, 4.69) is 22.1 Å². The number of fused-ring (bicyclic) bond motifs is 3. The monoisotopic (exact) mass is 467 g/mol. The number of nitrogens with zero attached hydrogens (tertiary/aromatic N) is 4. The average Bonchev–Trinajstić information content (AvgIpc) is 3.33. The zero-order valence-corrected chi connectivity index (χ0v) is 20.1. The summed E-state index contributed by atoms with van der Waals surface area (Å²) in [6, 6.07) is 7.75. The Bertz CT molecular complexity index is 1340. The van der Waals surface area contributed by atoms with Crippen molar-refractivity contribution in [3.63, 3.8) is 0 Å². The van der Waals surface area contributed by atoms with Crippen LogP contribution in [0.4, 0.5) is 0 Å². The van der Waals surface area contributed by atoms with Gasteiger partial charge in [-0.05, 0) is 61.9 Å². The third-order valence-electron chi connectivity index (χ3n) is 6.03. The van der Waals surface area contributed by atoms with Gasteiger partial charge in [0.15, 0.2) is 11.0 Å². The largest absolute Gasteiger partial charge is 0.497 e. The molecule has 0 saturated carbocycles. The van der Waals surface area contributed by atoms with Gasteiger partial charge in [0.1, 0.15) is 16.4 Å². The number of thioether (sulfide) groups is 1. The maximum Gasteiger partial charge on any atom is 0.259 e. The molecule has 0 bridgehead atoms. The van der Waals surface area contributed by atoms with Crippen LogP contribution in [0.3, 0.4) is 0 Å². The Morgan fingerprint density at radius 1 is 1.28 bits per heavy atom. The van der Waals surface area contributed by atoms with Crippen LogP contribution in [-0.4, -0.2) is 31.8 Å². The minimum absolute atomic E-state index is 0.0265. The Labute approximate surface area is 194 Å². The van der Waals surface area contributed by atoms with Crippen LogP contribution in [0.1, 0.15) is 41.8 Å². The maximum atomic E-state index is 12.9. The van der Waals surface area contributed by atoms with Crippen molar-refractivity contribution in [2.24, 2.45) is 13.0 Å². The van der Waals surface area contributed by atoms with Gasteiger partial charge < -0.3 is 14.3 Å². The summed E-state index contributed by atoms with van der Waals surface area (Å²) in [5.41, 5.74) is 2.15. The van der Waals surface area contributed by atoms with Gasteiger partial charge in [-0.2, -0.15) is 0 Å². The lowest BCUT2D eigenvalue weighted by Gasteiger charge is -2.17. The Morgan fingerprint density at radius 2 is 2.06 bits per heavy atom. The highest BCUT2D eigenvalue weighted by Crippen LogP contribution is 2.38. The zero-order valence-electron chi connectivity index (χ0n) is 18.5. The molecule has 1 aliphatic rings. The van der Waals surface area contributed by atoms with Crippen LogP contribution in [-0.2, 0) is 19.9 Å². The van der Waals surface area contributed by atoms with E-state index in [1.165, 1.54) is 22.2 Å². The fourth-order valence-electron chi connectivity index (χ4n) is 4.18. The summed E-state index contributed by atoms with van der Waals surface area (Å²) in [5.74, 6) is 2.92. The lowest BCUT2D eigenvalue weighted by Crippen LogP contribution is -2.15. The minimum atomic E-state index is -0.0724. The number of nitrogens with one attached hydrogen (secondary N) is 1. The third-order valence-corrected chi connectivity index (χ3v) is 8.33. The van der Waals surface area contributed by atoms with Crippen molar-refractivity contribution in [3.05, 3.63) is 50.9 Å². The van der Waals surface area contributed by atoms with Crippen molar-refractivity contribution in [2.75, 3.05) is 7.11 Å². The van der Waals surface area contributed by atoms with Crippen molar-refractivity contribution in [2.45, 2.75) is 43.5 Å². The average molecular weight is 468 g/mol. The normalized spacial score (nSPS) is 16.8. The van der Waals surface area contributed by atoms with Gasteiger partial charge in [-0.15, -0.1) is 21.5 Å². The van der Waals surface area contributed by atoms with E-state index in [-0.39, 0.29) is 10.8 Å². The smallest absolute Gasteiger partial charge is 0.259 e. The second-order valence-electron chi connectivity index (χ2n) is 8.34. The number of aromatic amines is 1. The fourth-order valence-corrected chi connectivity index (χ4v) is 6.44. The summed E-state index contributed by atoms with van der Waals surface area (Å²) >= 11 is 3.21. The first-order valence-corrected chi connectivity index (χ1v) is 12.4. The van der Waals surface area contributed by atoms with E-state index >= 15 is 0 Å². The van der Waals surface area contributed by atoms with Gasteiger partial charge in [0.05, 0.1) is 17.7 Å². The Morgan fingerprint density at radius 3 is 2.81 bits per heavy atom. The van der Waals surface area contributed by atoms with Crippen LogP contribution in [0.15, 0.2) is 34.2 Å². The van der Waals surface area contributed by atoms with E-state index in [0.717, 1.165) is 51.8 Å². The van der Waals surface area contributed by atoms with Crippen LogP contribution in [0.25, 0.3) is 21.6 Å². The highest BCUT2D eigenvalue weighted by molar-refractivity contribution is 7.99. The second kappa shape index (κ2) is 8.37. The van der Waals surface area contributed by atoms with Gasteiger partial charge in [-0.1, -0.05) is 18.7 Å². The Balaban J connectivity index is 1.42. The number of methoxy groups -OCH3 is 1. The van der Waals surface area contributed by atoms with Crippen LogP contribution < -0.4 is 10.3 Å². The number of ether oxygens (including phenoxy) is 1. The third kappa shape index (κ3) is 3.73. The highest BCUT2D eigenvalue weighted by atomic mass is 32.2. The van der Waals surface area contributed by atoms with Gasteiger partial charge in [0.2, 0.25) is 0 Å². The van der Waals surface area contributed by atoms with Crippen LogP contribution in [0.2, 0.25) is 0 Å². The van der Waals surface area contributed by atoms with Gasteiger partial charge in [-0.3, -0.25) is 4.79 Å². The summed E-state index contributed by atoms with van der Waals surface area (Å²) in [7, 11) is 3.59. The molecule has 166 valence electrons. The zero-order chi connectivity index (χ0) is 22.4.